The normalized spacial score (nSPS) is 27.1. The van der Waals surface area contributed by atoms with Gasteiger partial charge in [-0.3, -0.25) is 9.69 Å². The lowest BCUT2D eigenvalue weighted by Crippen LogP contribution is -2.53. The average Bonchev–Trinajstić information content (AvgIpc) is 3.37. The Labute approximate surface area is 252 Å². The second-order valence-electron chi connectivity index (χ2n) is 12.1. The van der Waals surface area contributed by atoms with Crippen LogP contribution < -0.4 is 18.9 Å². The number of allylic oxidation sites excluding steroid dienone is 1. The lowest BCUT2D eigenvalue weighted by molar-refractivity contribution is -0.119. The molecule has 3 aromatic carbocycles. The van der Waals surface area contributed by atoms with E-state index in [4.69, 9.17) is 18.9 Å². The van der Waals surface area contributed by atoms with E-state index in [0.29, 0.717) is 31.5 Å². The first kappa shape index (κ1) is 27.7. The van der Waals surface area contributed by atoms with Crippen molar-refractivity contribution in [3.05, 3.63) is 94.6 Å². The Kier molecular flexibility index (Phi) is 6.63. The van der Waals surface area contributed by atoms with Gasteiger partial charge in [0.25, 0.3) is 0 Å². The van der Waals surface area contributed by atoms with Crippen molar-refractivity contribution >= 4 is 16.9 Å². The van der Waals surface area contributed by atoms with Crippen LogP contribution in [0.3, 0.4) is 0 Å². The number of fused-ring (bicyclic) bond motifs is 6. The Bertz CT molecular complexity index is 1690. The maximum absolute atomic E-state index is 13.5. The highest BCUT2D eigenvalue weighted by Crippen LogP contribution is 2.56. The van der Waals surface area contributed by atoms with Crippen molar-refractivity contribution in [1.29, 1.82) is 0 Å². The molecular weight excluding hydrogens is 542 g/mol. The maximum Gasteiger partial charge on any atom is 0.166 e. The van der Waals surface area contributed by atoms with Crippen LogP contribution in [-0.4, -0.2) is 69.0 Å². The standard InChI is InChI=1S/C36H37NO6/c1-40-25-7-5-6-24(16-25)36-19-23-21-37(33(36)15-22-14-27(42-3)18-32(43-4)34(22)36)13-12-35(39)11-10-29(31(38)20-35)28-9-8-26(41-2)17-30(23)28/h5-10,14,16-19,33,39H,11-13,15,20-21H2,1-4H3/t33-,35-,36+/m0/s1. The van der Waals surface area contributed by atoms with Crippen molar-refractivity contribution in [1.82, 2.24) is 4.90 Å². The minimum Gasteiger partial charge on any atom is -0.497 e. The zero-order valence-corrected chi connectivity index (χ0v) is 25.1. The van der Waals surface area contributed by atoms with Crippen LogP contribution in [0.2, 0.25) is 0 Å². The lowest BCUT2D eigenvalue weighted by atomic mass is 9.68. The lowest BCUT2D eigenvalue weighted by Gasteiger charge is -2.47. The summed E-state index contributed by atoms with van der Waals surface area (Å²) in [5, 5.41) is 11.7. The van der Waals surface area contributed by atoms with E-state index in [9.17, 15) is 9.90 Å². The summed E-state index contributed by atoms with van der Waals surface area (Å²) >= 11 is 0. The fraction of sp³-hybridized carbons (Fsp3) is 0.361. The number of rotatable bonds is 5. The number of methoxy groups -OCH3 is 4. The summed E-state index contributed by atoms with van der Waals surface area (Å²) < 4.78 is 23.2. The van der Waals surface area contributed by atoms with Crippen LogP contribution in [0.5, 0.6) is 23.0 Å². The molecule has 0 amide bonds. The van der Waals surface area contributed by atoms with Gasteiger partial charge < -0.3 is 24.1 Å². The molecule has 1 N–H and O–H groups in total. The van der Waals surface area contributed by atoms with E-state index in [1.54, 1.807) is 28.4 Å². The largest absolute Gasteiger partial charge is 0.497 e. The van der Waals surface area contributed by atoms with Gasteiger partial charge in [-0.1, -0.05) is 24.3 Å². The van der Waals surface area contributed by atoms with E-state index in [1.165, 1.54) is 5.56 Å². The summed E-state index contributed by atoms with van der Waals surface area (Å²) in [6.45, 7) is 1.30. The Morgan fingerprint density at radius 3 is 2.42 bits per heavy atom. The smallest absolute Gasteiger partial charge is 0.166 e. The van der Waals surface area contributed by atoms with Crippen molar-refractivity contribution in [3.8, 4) is 23.0 Å². The molecule has 8 rings (SSSR count). The molecule has 4 bridgehead atoms. The zero-order valence-electron chi connectivity index (χ0n) is 25.1. The molecule has 3 heterocycles. The molecule has 0 aromatic heterocycles. The van der Waals surface area contributed by atoms with Gasteiger partial charge in [-0.05, 0) is 83.5 Å². The number of Topliss-reactive ketones (excluding diaryl/α,β-unsaturated/α-hetero) is 1. The van der Waals surface area contributed by atoms with Crippen LogP contribution in [-0.2, 0) is 16.6 Å². The second-order valence-corrected chi connectivity index (χ2v) is 12.1. The van der Waals surface area contributed by atoms with E-state index >= 15 is 0 Å². The quantitative estimate of drug-likeness (QED) is 0.445. The Hall–Kier alpha value is -4.07. The SMILES string of the molecule is COc1cccc([C@]23C=C4CN(CC[C@@]5(O)CC=C(C(=O)C5)c5ccc(OC)cc54)[C@H]2Cc2cc(OC)cc(OC)c23)c1. The van der Waals surface area contributed by atoms with Crippen molar-refractivity contribution in [2.45, 2.75) is 42.7 Å². The van der Waals surface area contributed by atoms with Gasteiger partial charge in [0.05, 0.1) is 39.5 Å². The molecule has 7 heteroatoms. The van der Waals surface area contributed by atoms with Crippen LogP contribution in [0.4, 0.5) is 0 Å². The van der Waals surface area contributed by atoms with Crippen molar-refractivity contribution in [2.24, 2.45) is 0 Å². The van der Waals surface area contributed by atoms with Gasteiger partial charge in [-0.15, -0.1) is 0 Å². The van der Waals surface area contributed by atoms with Gasteiger partial charge in [0.1, 0.15) is 23.0 Å². The highest BCUT2D eigenvalue weighted by Gasteiger charge is 2.54. The fourth-order valence-electron chi connectivity index (χ4n) is 7.85. The average molecular weight is 580 g/mol. The van der Waals surface area contributed by atoms with Crippen LogP contribution in [0.1, 0.15) is 47.1 Å². The number of nitrogens with zero attached hydrogens (tertiary/aromatic N) is 1. The van der Waals surface area contributed by atoms with Gasteiger partial charge >= 0.3 is 0 Å². The fourth-order valence-corrected chi connectivity index (χ4v) is 7.85. The monoisotopic (exact) mass is 579 g/mol. The topological polar surface area (TPSA) is 77.5 Å². The molecule has 5 aliphatic rings. The van der Waals surface area contributed by atoms with Gasteiger partial charge in [0.2, 0.25) is 0 Å². The van der Waals surface area contributed by atoms with E-state index in [-0.39, 0.29) is 18.2 Å². The van der Waals surface area contributed by atoms with E-state index in [1.807, 2.05) is 42.5 Å². The van der Waals surface area contributed by atoms with Crippen molar-refractivity contribution in [2.75, 3.05) is 41.5 Å². The number of aliphatic hydroxyl groups is 1. The summed E-state index contributed by atoms with van der Waals surface area (Å²) in [5.41, 5.74) is 5.30. The molecule has 0 spiro atoms. The molecule has 0 saturated heterocycles. The predicted molar refractivity (Wildman–Crippen MR) is 165 cm³/mol. The number of hydrogen-bond donors (Lipinski definition) is 1. The number of benzene rings is 3. The van der Waals surface area contributed by atoms with Gasteiger partial charge in [-0.25, -0.2) is 0 Å². The molecule has 3 aliphatic heterocycles. The third-order valence-electron chi connectivity index (χ3n) is 9.93. The molecule has 0 saturated carbocycles. The second kappa shape index (κ2) is 10.3. The minimum absolute atomic E-state index is 0.0194. The molecule has 7 nitrogen and oxygen atoms in total. The van der Waals surface area contributed by atoms with Crippen LogP contribution in [0, 0.1) is 0 Å². The van der Waals surface area contributed by atoms with Crippen molar-refractivity contribution in [3.63, 3.8) is 0 Å². The first-order valence-corrected chi connectivity index (χ1v) is 14.8. The van der Waals surface area contributed by atoms with E-state index in [0.717, 1.165) is 57.2 Å². The van der Waals surface area contributed by atoms with Gasteiger partial charge in [0.15, 0.2) is 5.78 Å². The molecular formula is C36H37NO6. The molecule has 0 radical (unpaired) electrons. The Morgan fingerprint density at radius 1 is 0.884 bits per heavy atom. The van der Waals surface area contributed by atoms with Crippen LogP contribution in [0.25, 0.3) is 11.1 Å². The number of ether oxygens (including phenoxy) is 4. The van der Waals surface area contributed by atoms with E-state index < -0.39 is 11.0 Å². The van der Waals surface area contributed by atoms with Crippen LogP contribution in [0.15, 0.2) is 66.7 Å². The summed E-state index contributed by atoms with van der Waals surface area (Å²) in [6.07, 6.45) is 6.17. The Balaban J connectivity index is 1.57. The third kappa shape index (κ3) is 4.28. The van der Waals surface area contributed by atoms with Crippen LogP contribution >= 0.6 is 0 Å². The molecule has 222 valence electrons. The summed E-state index contributed by atoms with van der Waals surface area (Å²) in [5.74, 6) is 3.01. The third-order valence-corrected chi connectivity index (χ3v) is 9.93. The van der Waals surface area contributed by atoms with Crippen molar-refractivity contribution < 1.29 is 28.8 Å². The summed E-state index contributed by atoms with van der Waals surface area (Å²) in [4.78, 5) is 16.0. The molecule has 0 fully saturated rings. The molecule has 4 atom stereocenters. The van der Waals surface area contributed by atoms with Gasteiger partial charge in [0, 0.05) is 42.8 Å². The number of carbonyl (C=O) groups is 1. The highest BCUT2D eigenvalue weighted by molar-refractivity contribution is 6.22. The highest BCUT2D eigenvalue weighted by atomic mass is 16.5. The zero-order chi connectivity index (χ0) is 29.9. The molecule has 43 heavy (non-hydrogen) atoms. The minimum atomic E-state index is -1.08. The Morgan fingerprint density at radius 2 is 1.67 bits per heavy atom. The molecule has 1 unspecified atom stereocenters. The summed E-state index contributed by atoms with van der Waals surface area (Å²) in [7, 11) is 6.75. The summed E-state index contributed by atoms with van der Waals surface area (Å²) in [6, 6.07) is 18.4. The number of hydrogen-bond acceptors (Lipinski definition) is 7. The number of carbonyl (C=O) groups excluding carboxylic acids is 1. The molecule has 2 aliphatic carbocycles. The first-order chi connectivity index (χ1) is 20.8. The predicted octanol–water partition coefficient (Wildman–Crippen LogP) is 5.21. The maximum atomic E-state index is 13.5. The molecule has 3 aromatic rings. The number of ketones is 1. The first-order valence-electron chi connectivity index (χ1n) is 14.8. The van der Waals surface area contributed by atoms with E-state index in [2.05, 4.69) is 29.2 Å². The van der Waals surface area contributed by atoms with Gasteiger partial charge in [-0.2, -0.15) is 0 Å².